The monoisotopic (exact) mass is 142 g/mol. The molecular weight excluding hydrogens is 124 g/mol. The first-order chi connectivity index (χ1) is 4.83. The van der Waals surface area contributed by atoms with Gasteiger partial charge in [0.25, 0.3) is 0 Å². The van der Waals surface area contributed by atoms with Crippen LogP contribution in [0.15, 0.2) is 0 Å². The maximum Gasteiger partial charge on any atom is 0.00206 e. The molecule has 0 saturated carbocycles. The van der Waals surface area contributed by atoms with Crippen molar-refractivity contribution in [1.29, 1.82) is 0 Å². The lowest BCUT2D eigenvalue weighted by Crippen LogP contribution is -2.53. The molecule has 1 rings (SSSR count). The summed E-state index contributed by atoms with van der Waals surface area (Å²) >= 11 is 0. The Balaban J connectivity index is 2.20. The summed E-state index contributed by atoms with van der Waals surface area (Å²) in [7, 11) is 2.02. The number of rotatable bonds is 4. The second kappa shape index (κ2) is 3.35. The summed E-state index contributed by atoms with van der Waals surface area (Å²) in [4.78, 5) is 0. The van der Waals surface area contributed by atoms with Crippen LogP contribution in [0.3, 0.4) is 0 Å². The second-order valence-corrected chi connectivity index (χ2v) is 3.31. The highest BCUT2D eigenvalue weighted by Gasteiger charge is 2.33. The first-order valence-corrected chi connectivity index (χ1v) is 4.18. The van der Waals surface area contributed by atoms with Crippen molar-refractivity contribution in [2.24, 2.45) is 5.41 Å². The first-order valence-electron chi connectivity index (χ1n) is 4.18. The average molecular weight is 142 g/mol. The van der Waals surface area contributed by atoms with Gasteiger partial charge in [-0.3, -0.25) is 0 Å². The van der Waals surface area contributed by atoms with E-state index in [1.165, 1.54) is 25.9 Å². The van der Waals surface area contributed by atoms with E-state index in [1.54, 1.807) is 0 Å². The Hall–Kier alpha value is -0.0800. The molecule has 0 bridgehead atoms. The van der Waals surface area contributed by atoms with E-state index in [0.29, 0.717) is 5.41 Å². The molecule has 0 aromatic carbocycles. The molecule has 0 aromatic rings. The summed E-state index contributed by atoms with van der Waals surface area (Å²) in [6, 6.07) is 0. The zero-order valence-electron chi connectivity index (χ0n) is 7.04. The molecule has 0 atom stereocenters. The molecular formula is C8H18N2. The van der Waals surface area contributed by atoms with Crippen molar-refractivity contribution in [2.45, 2.75) is 19.8 Å². The van der Waals surface area contributed by atoms with Gasteiger partial charge in [-0.05, 0) is 31.8 Å². The normalized spacial score (nSPS) is 22.2. The van der Waals surface area contributed by atoms with Crippen molar-refractivity contribution in [2.75, 3.05) is 26.7 Å². The highest BCUT2D eigenvalue weighted by Crippen LogP contribution is 2.29. The highest BCUT2D eigenvalue weighted by atomic mass is 15.0. The fourth-order valence-corrected chi connectivity index (χ4v) is 1.47. The van der Waals surface area contributed by atoms with Crippen molar-refractivity contribution in [3.05, 3.63) is 0 Å². The Morgan fingerprint density at radius 2 is 2.20 bits per heavy atom. The van der Waals surface area contributed by atoms with Crippen LogP contribution in [0.4, 0.5) is 0 Å². The van der Waals surface area contributed by atoms with Gasteiger partial charge in [-0.15, -0.1) is 0 Å². The van der Waals surface area contributed by atoms with Crippen molar-refractivity contribution >= 4 is 0 Å². The molecule has 0 aromatic heterocycles. The van der Waals surface area contributed by atoms with Crippen molar-refractivity contribution in [3.8, 4) is 0 Å². The third kappa shape index (κ3) is 1.50. The van der Waals surface area contributed by atoms with Gasteiger partial charge < -0.3 is 10.6 Å². The fourth-order valence-electron chi connectivity index (χ4n) is 1.47. The van der Waals surface area contributed by atoms with Crippen LogP contribution in [-0.2, 0) is 0 Å². The van der Waals surface area contributed by atoms with Crippen LogP contribution in [0.5, 0.6) is 0 Å². The van der Waals surface area contributed by atoms with Gasteiger partial charge in [0.2, 0.25) is 0 Å². The second-order valence-electron chi connectivity index (χ2n) is 3.31. The van der Waals surface area contributed by atoms with E-state index in [2.05, 4.69) is 17.6 Å². The highest BCUT2D eigenvalue weighted by molar-refractivity contribution is 4.91. The molecule has 0 aliphatic carbocycles. The van der Waals surface area contributed by atoms with Crippen molar-refractivity contribution in [3.63, 3.8) is 0 Å². The zero-order valence-corrected chi connectivity index (χ0v) is 7.04. The Labute approximate surface area is 63.4 Å². The standard InChI is InChI=1S/C8H18N2/c1-3-8(4-5-9-2)6-10-7-8/h9-10H,3-7H2,1-2H3. The van der Waals surface area contributed by atoms with E-state index >= 15 is 0 Å². The number of hydrogen-bond acceptors (Lipinski definition) is 2. The van der Waals surface area contributed by atoms with Gasteiger partial charge >= 0.3 is 0 Å². The molecule has 10 heavy (non-hydrogen) atoms. The van der Waals surface area contributed by atoms with Crippen molar-refractivity contribution < 1.29 is 0 Å². The molecule has 60 valence electrons. The van der Waals surface area contributed by atoms with Crippen LogP contribution < -0.4 is 10.6 Å². The maximum atomic E-state index is 3.33. The van der Waals surface area contributed by atoms with E-state index in [-0.39, 0.29) is 0 Å². The largest absolute Gasteiger partial charge is 0.320 e. The molecule has 1 fully saturated rings. The van der Waals surface area contributed by atoms with Crippen molar-refractivity contribution in [1.82, 2.24) is 10.6 Å². The lowest BCUT2D eigenvalue weighted by Gasteiger charge is -2.42. The predicted molar refractivity (Wildman–Crippen MR) is 44.1 cm³/mol. The van der Waals surface area contributed by atoms with Gasteiger partial charge in [0.1, 0.15) is 0 Å². The molecule has 1 aliphatic heterocycles. The molecule has 0 spiro atoms. The molecule has 2 heteroatoms. The molecule has 1 aliphatic rings. The van der Waals surface area contributed by atoms with E-state index in [0.717, 1.165) is 6.54 Å². The van der Waals surface area contributed by atoms with Gasteiger partial charge in [0, 0.05) is 13.1 Å². The van der Waals surface area contributed by atoms with Gasteiger partial charge in [-0.1, -0.05) is 6.92 Å². The summed E-state index contributed by atoms with van der Waals surface area (Å²) in [5, 5.41) is 6.53. The fraction of sp³-hybridized carbons (Fsp3) is 1.00. The molecule has 0 amide bonds. The molecule has 1 heterocycles. The summed E-state index contributed by atoms with van der Waals surface area (Å²) in [5.74, 6) is 0. The Morgan fingerprint density at radius 1 is 1.50 bits per heavy atom. The van der Waals surface area contributed by atoms with Crippen LogP contribution in [0.25, 0.3) is 0 Å². The van der Waals surface area contributed by atoms with Gasteiger partial charge in [0.05, 0.1) is 0 Å². The minimum atomic E-state index is 0.642. The topological polar surface area (TPSA) is 24.1 Å². The summed E-state index contributed by atoms with van der Waals surface area (Å²) < 4.78 is 0. The van der Waals surface area contributed by atoms with Gasteiger partial charge in [0.15, 0.2) is 0 Å². The number of nitrogens with one attached hydrogen (secondary N) is 2. The maximum absolute atomic E-state index is 3.33. The first kappa shape index (κ1) is 8.02. The average Bonchev–Trinajstić information content (AvgIpc) is 1.87. The summed E-state index contributed by atoms with van der Waals surface area (Å²) in [6.07, 6.45) is 2.65. The molecule has 2 nitrogen and oxygen atoms in total. The molecule has 2 N–H and O–H groups in total. The third-order valence-corrected chi connectivity index (χ3v) is 2.66. The van der Waals surface area contributed by atoms with Crippen LogP contribution in [0.2, 0.25) is 0 Å². The lowest BCUT2D eigenvalue weighted by atomic mass is 9.76. The van der Waals surface area contributed by atoms with Crippen LogP contribution >= 0.6 is 0 Å². The molecule has 0 unspecified atom stereocenters. The minimum absolute atomic E-state index is 0.642. The summed E-state index contributed by atoms with van der Waals surface area (Å²) in [6.45, 7) is 5.91. The van der Waals surface area contributed by atoms with Crippen LogP contribution in [-0.4, -0.2) is 26.7 Å². The van der Waals surface area contributed by atoms with Gasteiger partial charge in [-0.2, -0.15) is 0 Å². The third-order valence-electron chi connectivity index (χ3n) is 2.66. The van der Waals surface area contributed by atoms with E-state index in [1.807, 2.05) is 7.05 Å². The lowest BCUT2D eigenvalue weighted by molar-refractivity contribution is 0.146. The smallest absolute Gasteiger partial charge is 0.00206 e. The van der Waals surface area contributed by atoms with Crippen LogP contribution in [0.1, 0.15) is 19.8 Å². The number of hydrogen-bond donors (Lipinski definition) is 2. The molecule has 0 radical (unpaired) electrons. The predicted octanol–water partition coefficient (Wildman–Crippen LogP) is 0.596. The molecule has 1 saturated heterocycles. The SMILES string of the molecule is CCC1(CCNC)CNC1. The van der Waals surface area contributed by atoms with Gasteiger partial charge in [-0.25, -0.2) is 0 Å². The quantitative estimate of drug-likeness (QED) is 0.600. The Bertz CT molecular complexity index is 91.9. The van der Waals surface area contributed by atoms with E-state index < -0.39 is 0 Å². The van der Waals surface area contributed by atoms with Crippen LogP contribution in [0, 0.1) is 5.41 Å². The summed E-state index contributed by atoms with van der Waals surface area (Å²) in [5.41, 5.74) is 0.642. The minimum Gasteiger partial charge on any atom is -0.320 e. The zero-order chi connectivity index (χ0) is 7.45. The van der Waals surface area contributed by atoms with E-state index in [4.69, 9.17) is 0 Å². The Kier molecular flexibility index (Phi) is 2.69. The Morgan fingerprint density at radius 3 is 2.50 bits per heavy atom. The van der Waals surface area contributed by atoms with E-state index in [9.17, 15) is 0 Å².